The molecular weight excluding hydrogens is 458 g/mol. The van der Waals surface area contributed by atoms with Gasteiger partial charge >= 0.3 is 0 Å². The highest BCUT2D eigenvalue weighted by Gasteiger charge is 2.11. The van der Waals surface area contributed by atoms with E-state index in [-0.39, 0.29) is 17.6 Å². The Hall–Kier alpha value is -2.96. The fourth-order valence-corrected chi connectivity index (χ4v) is 4.55. The molecule has 31 heavy (non-hydrogen) atoms. The lowest BCUT2D eigenvalue weighted by molar-refractivity contribution is -0.114. The van der Waals surface area contributed by atoms with E-state index < -0.39 is 0 Å². The summed E-state index contributed by atoms with van der Waals surface area (Å²) in [5.74, 6) is 0.820. The number of thiazole rings is 1. The Morgan fingerprint density at radius 3 is 2.65 bits per heavy atom. The average Bonchev–Trinajstić information content (AvgIpc) is 3.38. The normalized spacial score (nSPS) is 10.8. The van der Waals surface area contributed by atoms with E-state index in [2.05, 4.69) is 25.8 Å². The molecule has 2 aromatic heterocycles. The molecule has 0 aliphatic carbocycles. The summed E-state index contributed by atoms with van der Waals surface area (Å²) in [6, 6.07) is 5.33. The van der Waals surface area contributed by atoms with Crippen LogP contribution in [-0.4, -0.2) is 47.0 Å². The van der Waals surface area contributed by atoms with E-state index in [1.165, 1.54) is 40.5 Å². The molecule has 3 aromatic rings. The van der Waals surface area contributed by atoms with Crippen molar-refractivity contribution in [2.45, 2.75) is 11.3 Å². The number of amides is 2. The first kappa shape index (κ1) is 22.7. The summed E-state index contributed by atoms with van der Waals surface area (Å²) in [5, 5.41) is 16.1. The minimum Gasteiger partial charge on any atom is -0.493 e. The summed E-state index contributed by atoms with van der Waals surface area (Å²) in [4.78, 5) is 28.3. The number of nitrogens with zero attached hydrogens (tertiary/aromatic N) is 3. The fourth-order valence-electron chi connectivity index (χ4n) is 2.29. The molecule has 0 aliphatic heterocycles. The molecule has 162 valence electrons. The zero-order chi connectivity index (χ0) is 22.2. The second-order valence-corrected chi connectivity index (χ2v) is 9.00. The van der Waals surface area contributed by atoms with E-state index in [0.29, 0.717) is 26.1 Å². The van der Waals surface area contributed by atoms with E-state index >= 15 is 0 Å². The number of carbonyl (C=O) groups excluding carboxylic acids is 2. The Labute approximate surface area is 190 Å². The van der Waals surface area contributed by atoms with Gasteiger partial charge in [-0.05, 0) is 30.7 Å². The quantitative estimate of drug-likeness (QED) is 0.272. The van der Waals surface area contributed by atoms with Crippen molar-refractivity contribution in [2.24, 2.45) is 0 Å². The number of ether oxygens (including phenoxy) is 2. The lowest BCUT2D eigenvalue weighted by Crippen LogP contribution is -2.13. The van der Waals surface area contributed by atoms with Crippen LogP contribution < -0.4 is 20.1 Å². The molecule has 2 amide bonds. The molecule has 9 nitrogen and oxygen atoms in total. The molecule has 0 unspecified atom stereocenters. The molecule has 0 atom stereocenters. The second kappa shape index (κ2) is 10.9. The van der Waals surface area contributed by atoms with E-state index in [9.17, 15) is 9.59 Å². The van der Waals surface area contributed by atoms with Gasteiger partial charge in [0, 0.05) is 11.5 Å². The fraction of sp³-hybridized carbons (Fsp3) is 0.211. The maximum absolute atomic E-state index is 12.2. The molecule has 0 spiro atoms. The van der Waals surface area contributed by atoms with Gasteiger partial charge in [0.2, 0.25) is 16.9 Å². The number of aromatic nitrogens is 3. The number of thioether (sulfide) groups is 1. The number of rotatable bonds is 9. The molecular formula is C19H19N5O4S3. The average molecular weight is 478 g/mol. The van der Waals surface area contributed by atoms with Gasteiger partial charge in [0.15, 0.2) is 21.0 Å². The topological polar surface area (TPSA) is 115 Å². The lowest BCUT2D eigenvalue weighted by Gasteiger charge is -2.07. The van der Waals surface area contributed by atoms with Crippen LogP contribution in [0.1, 0.15) is 11.3 Å². The minimum absolute atomic E-state index is 0.167. The number of methoxy groups -OCH3 is 2. The van der Waals surface area contributed by atoms with Crippen LogP contribution in [-0.2, 0) is 9.59 Å². The number of hydrogen-bond donors (Lipinski definition) is 2. The molecule has 2 heterocycles. The highest BCUT2D eigenvalue weighted by molar-refractivity contribution is 8.01. The Bertz CT molecular complexity index is 1100. The summed E-state index contributed by atoms with van der Waals surface area (Å²) >= 11 is 3.80. The van der Waals surface area contributed by atoms with E-state index in [1.54, 1.807) is 32.4 Å². The predicted octanol–water partition coefficient (Wildman–Crippen LogP) is 3.70. The molecule has 0 bridgehead atoms. The zero-order valence-corrected chi connectivity index (χ0v) is 19.3. The Kier molecular flexibility index (Phi) is 7.98. The highest BCUT2D eigenvalue weighted by atomic mass is 32.2. The highest BCUT2D eigenvalue weighted by Crippen LogP contribution is 2.28. The second-order valence-electron chi connectivity index (χ2n) is 5.94. The summed E-state index contributed by atoms with van der Waals surface area (Å²) < 4.78 is 11.0. The maximum atomic E-state index is 12.2. The summed E-state index contributed by atoms with van der Waals surface area (Å²) in [6.45, 7) is 1.86. The van der Waals surface area contributed by atoms with E-state index in [4.69, 9.17) is 9.47 Å². The standard InChI is InChI=1S/C19H19N5O4S3/c1-11-9-29-17(20-11)22-16(26)10-30-19-24-23-18(31-19)21-15(25)7-5-12-4-6-13(27-2)14(8-12)28-3/h4-9H,10H2,1-3H3,(H,20,22,26)(H,21,23,25)/b7-5+. The van der Waals surface area contributed by atoms with Gasteiger partial charge < -0.3 is 14.8 Å². The molecule has 12 heteroatoms. The van der Waals surface area contributed by atoms with Gasteiger partial charge in [0.25, 0.3) is 0 Å². The van der Waals surface area contributed by atoms with E-state index in [0.717, 1.165) is 11.3 Å². The lowest BCUT2D eigenvalue weighted by atomic mass is 10.2. The van der Waals surface area contributed by atoms with Gasteiger partial charge in [0.1, 0.15) is 0 Å². The first-order valence-corrected chi connectivity index (χ1v) is 11.5. The molecule has 2 N–H and O–H groups in total. The number of nitrogens with one attached hydrogen (secondary N) is 2. The van der Waals surface area contributed by atoms with Crippen molar-refractivity contribution in [2.75, 3.05) is 30.6 Å². The first-order valence-electron chi connectivity index (χ1n) is 8.86. The van der Waals surface area contributed by atoms with Gasteiger partial charge in [-0.2, -0.15) is 0 Å². The number of carbonyl (C=O) groups is 2. The van der Waals surface area contributed by atoms with Gasteiger partial charge in [-0.3, -0.25) is 14.9 Å². The van der Waals surface area contributed by atoms with Gasteiger partial charge in [-0.15, -0.1) is 21.5 Å². The molecule has 0 saturated carbocycles. The minimum atomic E-state index is -0.348. The Morgan fingerprint density at radius 2 is 1.94 bits per heavy atom. The third kappa shape index (κ3) is 6.77. The van der Waals surface area contributed by atoms with Crippen molar-refractivity contribution in [3.05, 3.63) is 40.9 Å². The molecule has 0 aliphatic rings. The zero-order valence-electron chi connectivity index (χ0n) is 16.9. The Balaban J connectivity index is 1.49. The molecule has 0 radical (unpaired) electrons. The summed E-state index contributed by atoms with van der Waals surface area (Å²) in [5.41, 5.74) is 1.64. The number of anilines is 2. The maximum Gasteiger partial charge on any atom is 0.250 e. The van der Waals surface area contributed by atoms with Crippen LogP contribution in [0.5, 0.6) is 11.5 Å². The summed E-state index contributed by atoms with van der Waals surface area (Å²) in [6.07, 6.45) is 3.04. The van der Waals surface area contributed by atoms with Crippen LogP contribution in [0.4, 0.5) is 10.3 Å². The molecule has 0 saturated heterocycles. The third-order valence-corrected chi connectivity index (χ3v) is 6.51. The number of benzene rings is 1. The molecule has 0 fully saturated rings. The summed E-state index contributed by atoms with van der Waals surface area (Å²) in [7, 11) is 3.11. The van der Waals surface area contributed by atoms with Crippen molar-refractivity contribution < 1.29 is 19.1 Å². The van der Waals surface area contributed by atoms with Crippen molar-refractivity contribution in [3.63, 3.8) is 0 Å². The van der Waals surface area contributed by atoms with Crippen molar-refractivity contribution in [3.8, 4) is 11.5 Å². The number of aryl methyl sites for hydroxylation is 1. The molecule has 1 aromatic carbocycles. The van der Waals surface area contributed by atoms with Gasteiger partial charge in [-0.1, -0.05) is 29.2 Å². The largest absolute Gasteiger partial charge is 0.493 e. The number of hydrogen-bond acceptors (Lipinski definition) is 10. The van der Waals surface area contributed by atoms with Crippen LogP contribution in [0, 0.1) is 6.92 Å². The Morgan fingerprint density at radius 1 is 1.13 bits per heavy atom. The SMILES string of the molecule is COc1ccc(/C=C/C(=O)Nc2nnc(SCC(=O)Nc3nc(C)cs3)s2)cc1OC. The third-order valence-electron chi connectivity index (χ3n) is 3.66. The van der Waals surface area contributed by atoms with Gasteiger partial charge in [0.05, 0.1) is 25.7 Å². The predicted molar refractivity (Wildman–Crippen MR) is 123 cm³/mol. The van der Waals surface area contributed by atoms with Gasteiger partial charge in [-0.25, -0.2) is 4.98 Å². The molecule has 3 rings (SSSR count). The van der Waals surface area contributed by atoms with Crippen LogP contribution in [0.2, 0.25) is 0 Å². The van der Waals surface area contributed by atoms with Crippen LogP contribution in [0.3, 0.4) is 0 Å². The smallest absolute Gasteiger partial charge is 0.250 e. The van der Waals surface area contributed by atoms with Crippen LogP contribution in [0.15, 0.2) is 34.0 Å². The van der Waals surface area contributed by atoms with Crippen molar-refractivity contribution in [1.29, 1.82) is 0 Å². The van der Waals surface area contributed by atoms with Crippen molar-refractivity contribution >= 4 is 62.6 Å². The first-order chi connectivity index (χ1) is 15.0. The monoisotopic (exact) mass is 477 g/mol. The van der Waals surface area contributed by atoms with Crippen molar-refractivity contribution in [1.82, 2.24) is 15.2 Å². The van der Waals surface area contributed by atoms with E-state index in [1.807, 2.05) is 18.4 Å². The van der Waals surface area contributed by atoms with Crippen LogP contribution >= 0.6 is 34.4 Å². The van der Waals surface area contributed by atoms with Crippen LogP contribution in [0.25, 0.3) is 6.08 Å².